The summed E-state index contributed by atoms with van der Waals surface area (Å²) in [5.41, 5.74) is 0.421. The first-order valence-corrected chi connectivity index (χ1v) is 19.1. The molecule has 17 nitrogen and oxygen atoms in total. The summed E-state index contributed by atoms with van der Waals surface area (Å²) in [5.74, 6) is -5.92. The van der Waals surface area contributed by atoms with Gasteiger partial charge in [0.25, 0.3) is 0 Å². The molecule has 2 fully saturated rings. The summed E-state index contributed by atoms with van der Waals surface area (Å²) in [5, 5.41) is -1.24. The molecule has 0 N–H and O–H groups in total. The van der Waals surface area contributed by atoms with E-state index in [1.807, 2.05) is 0 Å². The van der Waals surface area contributed by atoms with Gasteiger partial charge in [-0.05, 0) is 36.4 Å². The number of carbonyl (C=O) groups is 7. The van der Waals surface area contributed by atoms with Crippen LogP contribution in [0.25, 0.3) is 0 Å². The third-order valence-electron chi connectivity index (χ3n) is 8.71. The van der Waals surface area contributed by atoms with Gasteiger partial charge in [0.1, 0.15) is 31.5 Å². The van der Waals surface area contributed by atoms with E-state index in [0.29, 0.717) is 0 Å². The first-order chi connectivity index (χ1) is 28.2. The van der Waals surface area contributed by atoms with Crippen LogP contribution in [0.15, 0.2) is 91.0 Å². The predicted molar refractivity (Wildman–Crippen MR) is 202 cm³/mol. The Balaban J connectivity index is 1.61. The van der Waals surface area contributed by atoms with E-state index in [1.54, 1.807) is 54.6 Å². The van der Waals surface area contributed by atoms with Crippen molar-refractivity contribution in [1.29, 1.82) is 0 Å². The lowest BCUT2D eigenvalue weighted by Gasteiger charge is -2.48. The Morgan fingerprint density at radius 2 is 0.864 bits per heavy atom. The number of benzene rings is 3. The summed E-state index contributed by atoms with van der Waals surface area (Å²) in [6.45, 7) is 3.13. The van der Waals surface area contributed by atoms with Crippen LogP contribution in [0, 0.1) is 0 Å². The Kier molecular flexibility index (Phi) is 15.7. The van der Waals surface area contributed by atoms with Crippen molar-refractivity contribution in [2.45, 2.75) is 87.8 Å². The maximum atomic E-state index is 13.8. The van der Waals surface area contributed by atoms with Crippen LogP contribution in [-0.4, -0.2) is 115 Å². The van der Waals surface area contributed by atoms with Crippen molar-refractivity contribution >= 4 is 57.7 Å². The molecule has 0 radical (unpaired) electrons. The van der Waals surface area contributed by atoms with E-state index < -0.39 is 115 Å². The smallest absolute Gasteiger partial charge is 0.338 e. The van der Waals surface area contributed by atoms with Crippen molar-refractivity contribution in [2.24, 2.45) is 0 Å². The lowest BCUT2D eigenvalue weighted by molar-refractivity contribution is -0.339. The fourth-order valence-electron chi connectivity index (χ4n) is 6.22. The highest BCUT2D eigenvalue weighted by atomic mass is 79.9. The van der Waals surface area contributed by atoms with Crippen LogP contribution >= 0.6 is 15.9 Å². The second-order valence-electron chi connectivity index (χ2n) is 13.1. The van der Waals surface area contributed by atoms with E-state index >= 15 is 0 Å². The van der Waals surface area contributed by atoms with Gasteiger partial charge in [0, 0.05) is 27.7 Å². The van der Waals surface area contributed by atoms with Crippen LogP contribution < -0.4 is 0 Å². The fraction of sp³-hybridized carbons (Fsp3) is 0.390. The number of hydrogen-bond acceptors (Lipinski definition) is 17. The molecule has 2 aliphatic rings. The van der Waals surface area contributed by atoms with Gasteiger partial charge in [0.2, 0.25) is 0 Å². The fourth-order valence-corrected chi connectivity index (χ4v) is 6.91. The molecule has 0 saturated carbocycles. The number of halogens is 1. The monoisotopic (exact) mass is 884 g/mol. The molecule has 2 aliphatic heterocycles. The molecular formula is C41H41BrO17. The summed E-state index contributed by atoms with van der Waals surface area (Å²) < 4.78 is 58.5. The van der Waals surface area contributed by atoms with Gasteiger partial charge in [-0.25, -0.2) is 14.4 Å². The molecule has 2 saturated heterocycles. The number of alkyl halides is 1. The van der Waals surface area contributed by atoms with Gasteiger partial charge in [0.15, 0.2) is 41.8 Å². The molecule has 0 spiro atoms. The Bertz CT molecular complexity index is 1940. The number of esters is 7. The SMILES string of the molecule is CC(=O)OC[C@H]1O[C@@H](O[C@@H]2[C@H](OC(=O)c3ccccc3)[C@@H](OC(=O)c3ccccc3)[C@@H](Br)O[C@@H]2COC(=O)c2ccccc2)[C@H](OC(C)=O)[C@@H](OC(C)=O)[C@H]1OC(C)=O. The van der Waals surface area contributed by atoms with Crippen molar-refractivity contribution in [3.8, 4) is 0 Å². The van der Waals surface area contributed by atoms with Crippen LogP contribution in [-0.2, 0) is 66.5 Å². The van der Waals surface area contributed by atoms with E-state index in [-0.39, 0.29) is 16.7 Å². The maximum Gasteiger partial charge on any atom is 0.338 e. The minimum atomic E-state index is -1.83. The van der Waals surface area contributed by atoms with Crippen LogP contribution in [0.4, 0.5) is 0 Å². The van der Waals surface area contributed by atoms with Crippen molar-refractivity contribution in [3.63, 3.8) is 0 Å². The topological polar surface area (TPSA) is 212 Å². The summed E-state index contributed by atoms with van der Waals surface area (Å²) in [4.78, 5) is 90.0. The van der Waals surface area contributed by atoms with Crippen LogP contribution in [0.1, 0.15) is 58.8 Å². The summed E-state index contributed by atoms with van der Waals surface area (Å²) in [7, 11) is 0. The molecule has 0 unspecified atom stereocenters. The highest BCUT2D eigenvalue weighted by molar-refractivity contribution is 9.09. The molecule has 2 heterocycles. The van der Waals surface area contributed by atoms with Crippen molar-refractivity contribution < 1.29 is 80.9 Å². The zero-order chi connectivity index (χ0) is 42.6. The normalized spacial score (nSPS) is 26.3. The lowest BCUT2D eigenvalue weighted by Crippen LogP contribution is -2.66. The zero-order valence-electron chi connectivity index (χ0n) is 32.2. The average molecular weight is 886 g/mol. The molecule has 18 heteroatoms. The Morgan fingerprint density at radius 1 is 0.458 bits per heavy atom. The molecule has 3 aromatic carbocycles. The molecule has 0 aliphatic carbocycles. The lowest BCUT2D eigenvalue weighted by atomic mass is 9.96. The van der Waals surface area contributed by atoms with Gasteiger partial charge < -0.3 is 47.4 Å². The predicted octanol–water partition coefficient (Wildman–Crippen LogP) is 3.88. The van der Waals surface area contributed by atoms with E-state index in [1.165, 1.54) is 36.4 Å². The second-order valence-corrected chi connectivity index (χ2v) is 14.0. The number of carbonyl (C=O) groups excluding carboxylic acids is 7. The van der Waals surface area contributed by atoms with Crippen LogP contribution in [0.5, 0.6) is 0 Å². The molecule has 59 heavy (non-hydrogen) atoms. The molecule has 314 valence electrons. The largest absolute Gasteiger partial charge is 0.463 e. The van der Waals surface area contributed by atoms with Gasteiger partial charge >= 0.3 is 41.8 Å². The number of ether oxygens (including phenoxy) is 10. The van der Waals surface area contributed by atoms with Gasteiger partial charge in [-0.3, -0.25) is 19.2 Å². The number of hydrogen-bond donors (Lipinski definition) is 0. The molecule has 0 bridgehead atoms. The number of rotatable bonds is 14. The molecule has 10 atom stereocenters. The summed E-state index contributed by atoms with van der Waals surface area (Å²) in [6, 6.07) is 23.7. The highest BCUT2D eigenvalue weighted by Gasteiger charge is 2.57. The quantitative estimate of drug-likeness (QED) is 0.128. The first kappa shape index (κ1) is 44.4. The van der Waals surface area contributed by atoms with Gasteiger partial charge in [0.05, 0.1) is 16.7 Å². The Hall–Kier alpha value is -5.69. The Labute approximate surface area is 346 Å². The van der Waals surface area contributed by atoms with Gasteiger partial charge in [-0.15, -0.1) is 0 Å². The average Bonchev–Trinajstić information content (AvgIpc) is 3.21. The standard InChI is InChI=1S/C41H41BrO17/c1-22(43)50-20-30-31(52-23(2)44)34(53-24(3)45)36(54-25(4)46)41(56-30)59-32-29(21-51-38(47)26-14-8-5-9-15-26)55-37(42)35(58-40(49)28-18-12-7-13-19-28)33(32)57-39(48)27-16-10-6-11-17-27/h5-19,29-37,41H,20-21H2,1-4H3/t29-,30-,31+,32+,33+,34+,35-,36-,37+,41+/m1/s1. The third-order valence-corrected chi connectivity index (χ3v) is 9.45. The minimum Gasteiger partial charge on any atom is -0.463 e. The van der Waals surface area contributed by atoms with Gasteiger partial charge in [-0.1, -0.05) is 70.5 Å². The van der Waals surface area contributed by atoms with Crippen molar-refractivity contribution in [2.75, 3.05) is 13.2 Å². The van der Waals surface area contributed by atoms with Crippen LogP contribution in [0.3, 0.4) is 0 Å². The van der Waals surface area contributed by atoms with E-state index in [9.17, 15) is 33.6 Å². The van der Waals surface area contributed by atoms with E-state index in [2.05, 4.69) is 15.9 Å². The van der Waals surface area contributed by atoms with E-state index in [0.717, 1.165) is 27.7 Å². The third kappa shape index (κ3) is 12.2. The zero-order valence-corrected chi connectivity index (χ0v) is 33.8. The van der Waals surface area contributed by atoms with Gasteiger partial charge in [-0.2, -0.15) is 0 Å². The molecule has 3 aromatic rings. The summed E-state index contributed by atoms with van der Waals surface area (Å²) >= 11 is 3.40. The van der Waals surface area contributed by atoms with Crippen molar-refractivity contribution in [1.82, 2.24) is 0 Å². The maximum absolute atomic E-state index is 13.8. The van der Waals surface area contributed by atoms with E-state index in [4.69, 9.17) is 47.4 Å². The Morgan fingerprint density at radius 3 is 1.36 bits per heavy atom. The molecule has 0 aromatic heterocycles. The first-order valence-electron chi connectivity index (χ1n) is 18.2. The molecular weight excluding hydrogens is 844 g/mol. The summed E-state index contributed by atoms with van der Waals surface area (Å²) in [6.07, 6.45) is -14.3. The second kappa shape index (κ2) is 20.8. The van der Waals surface area contributed by atoms with Crippen molar-refractivity contribution in [3.05, 3.63) is 108 Å². The van der Waals surface area contributed by atoms with Crippen LogP contribution in [0.2, 0.25) is 0 Å². The molecule has 0 amide bonds. The highest BCUT2D eigenvalue weighted by Crippen LogP contribution is 2.37. The minimum absolute atomic E-state index is 0.0938. The molecule has 5 rings (SSSR count).